The van der Waals surface area contributed by atoms with Crippen molar-refractivity contribution in [3.05, 3.63) is 58.9 Å². The minimum Gasteiger partial charge on any atom is -0.304 e. The molecule has 0 unspecified atom stereocenters. The quantitative estimate of drug-likeness (QED) is 0.692. The molecule has 0 bridgehead atoms. The molecule has 17 heavy (non-hydrogen) atoms. The van der Waals surface area contributed by atoms with E-state index in [0.29, 0.717) is 11.2 Å². The molecular formula is C12H8FN3O. The number of fused-ring (bicyclic) bond motifs is 1. The predicted molar refractivity (Wildman–Crippen MR) is 61.6 cm³/mol. The Kier molecular flexibility index (Phi) is 2.04. The van der Waals surface area contributed by atoms with Crippen LogP contribution in [0.25, 0.3) is 16.9 Å². The lowest BCUT2D eigenvalue weighted by atomic mass is 10.3. The van der Waals surface area contributed by atoms with Gasteiger partial charge >= 0.3 is 5.69 Å². The summed E-state index contributed by atoms with van der Waals surface area (Å²) in [5.74, 6) is -0.457. The molecule has 0 fully saturated rings. The average Bonchev–Trinajstić information content (AvgIpc) is 2.66. The summed E-state index contributed by atoms with van der Waals surface area (Å²) in [5.41, 5.74) is 0.801. The second-order valence-electron chi connectivity index (χ2n) is 3.59. The van der Waals surface area contributed by atoms with E-state index >= 15 is 0 Å². The summed E-state index contributed by atoms with van der Waals surface area (Å²) >= 11 is 0. The molecule has 0 aliphatic heterocycles. The number of halogens is 1. The van der Waals surface area contributed by atoms with Crippen molar-refractivity contribution in [1.29, 1.82) is 0 Å². The number of nitrogens with one attached hydrogen (secondary N) is 1. The van der Waals surface area contributed by atoms with Gasteiger partial charge in [-0.15, -0.1) is 0 Å². The van der Waals surface area contributed by atoms with Crippen molar-refractivity contribution in [2.75, 3.05) is 0 Å². The van der Waals surface area contributed by atoms with Gasteiger partial charge in [-0.2, -0.15) is 0 Å². The van der Waals surface area contributed by atoms with Crippen molar-refractivity contribution in [2.45, 2.75) is 0 Å². The fraction of sp³-hybridized carbons (Fsp3) is 0. The van der Waals surface area contributed by atoms with Crippen LogP contribution in [0.15, 0.2) is 47.4 Å². The van der Waals surface area contributed by atoms with E-state index in [1.165, 1.54) is 10.6 Å². The maximum Gasteiger partial charge on any atom is 0.332 e. The van der Waals surface area contributed by atoms with Gasteiger partial charge in [0.25, 0.3) is 0 Å². The van der Waals surface area contributed by atoms with Crippen LogP contribution >= 0.6 is 0 Å². The molecule has 0 radical (unpaired) electrons. The summed E-state index contributed by atoms with van der Waals surface area (Å²) in [6.45, 7) is 0. The van der Waals surface area contributed by atoms with Crippen LogP contribution in [0.4, 0.5) is 4.39 Å². The first kappa shape index (κ1) is 9.77. The summed E-state index contributed by atoms with van der Waals surface area (Å²) in [6, 6.07) is 9.53. The number of nitrogens with zero attached hydrogens (tertiary/aromatic N) is 2. The van der Waals surface area contributed by atoms with Crippen LogP contribution < -0.4 is 5.69 Å². The van der Waals surface area contributed by atoms with Gasteiger partial charge in [-0.25, -0.2) is 18.7 Å². The minimum absolute atomic E-state index is 0.197. The zero-order valence-electron chi connectivity index (χ0n) is 8.72. The number of H-pyrrole nitrogens is 1. The predicted octanol–water partition coefficient (Wildman–Crippen LogP) is 1.85. The van der Waals surface area contributed by atoms with Gasteiger partial charge in [0, 0.05) is 6.20 Å². The highest BCUT2D eigenvalue weighted by molar-refractivity contribution is 5.72. The molecule has 1 N–H and O–H groups in total. The first-order valence-corrected chi connectivity index (χ1v) is 5.08. The van der Waals surface area contributed by atoms with Gasteiger partial charge in [-0.1, -0.05) is 12.1 Å². The second kappa shape index (κ2) is 3.55. The molecule has 0 aliphatic carbocycles. The number of aromatic nitrogens is 3. The van der Waals surface area contributed by atoms with Gasteiger partial charge in [-0.05, 0) is 24.3 Å². The molecule has 0 amide bonds. The lowest BCUT2D eigenvalue weighted by Gasteiger charge is -2.03. The number of rotatable bonds is 1. The van der Waals surface area contributed by atoms with Crippen molar-refractivity contribution >= 4 is 11.2 Å². The summed E-state index contributed by atoms with van der Waals surface area (Å²) < 4.78 is 14.9. The molecule has 0 atom stereocenters. The molecule has 5 heteroatoms. The molecule has 3 aromatic rings. The Labute approximate surface area is 95.4 Å². The Balaban J connectivity index is 2.42. The number of benzene rings is 1. The highest BCUT2D eigenvalue weighted by Crippen LogP contribution is 2.15. The number of imidazole rings is 1. The number of para-hydroxylation sites is 1. The SMILES string of the molecule is O=c1[nH]c2cccnc2n1-c1ccccc1F. The van der Waals surface area contributed by atoms with E-state index in [9.17, 15) is 9.18 Å². The Morgan fingerprint density at radius 2 is 2.00 bits per heavy atom. The third-order valence-corrected chi connectivity index (χ3v) is 2.54. The Hall–Kier alpha value is -2.43. The number of pyridine rings is 1. The van der Waals surface area contributed by atoms with Crippen molar-refractivity contribution < 1.29 is 4.39 Å². The van der Waals surface area contributed by atoms with Crippen molar-refractivity contribution in [1.82, 2.24) is 14.5 Å². The van der Waals surface area contributed by atoms with E-state index in [1.54, 1.807) is 36.5 Å². The Morgan fingerprint density at radius 3 is 2.82 bits per heavy atom. The highest BCUT2D eigenvalue weighted by Gasteiger charge is 2.12. The van der Waals surface area contributed by atoms with Crippen LogP contribution in [0, 0.1) is 5.82 Å². The van der Waals surface area contributed by atoms with E-state index in [4.69, 9.17) is 0 Å². The zero-order valence-corrected chi connectivity index (χ0v) is 8.72. The zero-order chi connectivity index (χ0) is 11.8. The van der Waals surface area contributed by atoms with E-state index in [1.807, 2.05) is 0 Å². The van der Waals surface area contributed by atoms with Crippen molar-refractivity contribution in [3.8, 4) is 5.69 Å². The van der Waals surface area contributed by atoms with E-state index in [0.717, 1.165) is 0 Å². The summed E-state index contributed by atoms with van der Waals surface area (Å²) in [4.78, 5) is 18.5. The Bertz CT molecular complexity index is 745. The van der Waals surface area contributed by atoms with Crippen LogP contribution in [0.2, 0.25) is 0 Å². The maximum atomic E-state index is 13.7. The second-order valence-corrected chi connectivity index (χ2v) is 3.59. The van der Waals surface area contributed by atoms with Crippen molar-refractivity contribution in [2.24, 2.45) is 0 Å². The molecule has 4 nitrogen and oxygen atoms in total. The first-order valence-electron chi connectivity index (χ1n) is 5.08. The van der Waals surface area contributed by atoms with Crippen LogP contribution in [-0.4, -0.2) is 14.5 Å². The highest BCUT2D eigenvalue weighted by atomic mass is 19.1. The van der Waals surface area contributed by atoms with Gasteiger partial charge in [-0.3, -0.25) is 0 Å². The fourth-order valence-corrected chi connectivity index (χ4v) is 1.80. The molecule has 0 saturated carbocycles. The van der Waals surface area contributed by atoms with E-state index in [-0.39, 0.29) is 5.69 Å². The van der Waals surface area contributed by atoms with Gasteiger partial charge in [0.05, 0.1) is 11.2 Å². The van der Waals surface area contributed by atoms with E-state index in [2.05, 4.69) is 9.97 Å². The fourth-order valence-electron chi connectivity index (χ4n) is 1.80. The monoisotopic (exact) mass is 229 g/mol. The largest absolute Gasteiger partial charge is 0.332 e. The molecule has 0 aliphatic rings. The minimum atomic E-state index is -0.457. The number of aromatic amines is 1. The maximum absolute atomic E-state index is 13.7. The van der Waals surface area contributed by atoms with Crippen LogP contribution in [-0.2, 0) is 0 Å². The Morgan fingerprint density at radius 1 is 1.18 bits per heavy atom. The lowest BCUT2D eigenvalue weighted by molar-refractivity contribution is 0.617. The number of hydrogen-bond donors (Lipinski definition) is 1. The smallest absolute Gasteiger partial charge is 0.304 e. The third-order valence-electron chi connectivity index (χ3n) is 2.54. The van der Waals surface area contributed by atoms with Gasteiger partial charge < -0.3 is 4.98 Å². The molecule has 1 aromatic carbocycles. The summed E-state index contributed by atoms with van der Waals surface area (Å²) in [6.07, 6.45) is 1.56. The third kappa shape index (κ3) is 1.44. The molecule has 0 saturated heterocycles. The summed E-state index contributed by atoms with van der Waals surface area (Å²) in [7, 11) is 0. The van der Waals surface area contributed by atoms with Crippen molar-refractivity contribution in [3.63, 3.8) is 0 Å². The van der Waals surface area contributed by atoms with Crippen LogP contribution in [0.5, 0.6) is 0 Å². The van der Waals surface area contributed by atoms with Gasteiger partial charge in [0.2, 0.25) is 0 Å². The van der Waals surface area contributed by atoms with Crippen LogP contribution in [0.3, 0.4) is 0 Å². The molecule has 84 valence electrons. The molecule has 3 rings (SSSR count). The standard InChI is InChI=1S/C12H8FN3O/c13-8-4-1-2-6-10(8)16-11-9(15-12(16)17)5-3-7-14-11/h1-7H,(H,15,17). The van der Waals surface area contributed by atoms with E-state index < -0.39 is 11.5 Å². The summed E-state index contributed by atoms with van der Waals surface area (Å²) in [5, 5.41) is 0. The lowest BCUT2D eigenvalue weighted by Crippen LogP contribution is -2.16. The molecule has 2 heterocycles. The average molecular weight is 229 g/mol. The first-order chi connectivity index (χ1) is 8.27. The van der Waals surface area contributed by atoms with Gasteiger partial charge in [0.15, 0.2) is 5.65 Å². The molecule has 2 aromatic heterocycles. The normalized spacial score (nSPS) is 10.9. The van der Waals surface area contributed by atoms with Gasteiger partial charge in [0.1, 0.15) is 5.82 Å². The molecular weight excluding hydrogens is 221 g/mol. The van der Waals surface area contributed by atoms with Crippen LogP contribution in [0.1, 0.15) is 0 Å². The molecule has 0 spiro atoms. The number of hydrogen-bond acceptors (Lipinski definition) is 2. The topological polar surface area (TPSA) is 50.7 Å².